The van der Waals surface area contributed by atoms with Gasteiger partial charge in [-0.25, -0.2) is 0 Å². The van der Waals surface area contributed by atoms with Crippen LogP contribution in [0.1, 0.15) is 129 Å². The number of ether oxygens (including phenoxy) is 2. The summed E-state index contributed by atoms with van der Waals surface area (Å²) in [6, 6.07) is 0. The maximum atomic E-state index is 12.1. The number of carbonyl (C=O) groups is 3. The van der Waals surface area contributed by atoms with Gasteiger partial charge in [0.1, 0.15) is 6.61 Å². The smallest absolute Gasteiger partial charge is 0.790 e. The van der Waals surface area contributed by atoms with E-state index in [2.05, 4.69) is 16.8 Å². The predicted octanol–water partition coefficient (Wildman–Crippen LogP) is -1.53. The van der Waals surface area contributed by atoms with E-state index in [4.69, 9.17) is 9.47 Å². The number of esters is 2. The van der Waals surface area contributed by atoms with Crippen LogP contribution in [0.15, 0.2) is 0 Å². The van der Waals surface area contributed by atoms with Crippen molar-refractivity contribution in [3.63, 3.8) is 0 Å². The number of unbranched alkanes of at least 4 members (excludes halogenated alkanes) is 14. The van der Waals surface area contributed by atoms with E-state index in [0.29, 0.717) is 12.8 Å². The van der Waals surface area contributed by atoms with Gasteiger partial charge in [0.05, 0.1) is 14.4 Å². The summed E-state index contributed by atoms with van der Waals surface area (Å²) >= 11 is 0. The van der Waals surface area contributed by atoms with Gasteiger partial charge in [0, 0.05) is 26.3 Å². The van der Waals surface area contributed by atoms with Crippen LogP contribution in [0.4, 0.5) is 0 Å². The number of rotatable bonds is 26. The molecular weight excluding hydrogens is 559 g/mol. The van der Waals surface area contributed by atoms with E-state index in [9.17, 15) is 28.7 Å². The molecule has 0 saturated carbocycles. The summed E-state index contributed by atoms with van der Waals surface area (Å²) in [7, 11) is -5.24. The summed E-state index contributed by atoms with van der Waals surface area (Å²) < 4.78 is 25.4. The number of hydrogen-bond acceptors (Lipinski definition) is 9. The Morgan fingerprint density at radius 2 is 1.15 bits per heavy atom. The van der Waals surface area contributed by atoms with E-state index >= 15 is 0 Å². The van der Waals surface area contributed by atoms with Gasteiger partial charge in [0.15, 0.2) is 6.10 Å². The molecule has 0 aliphatic heterocycles. The topological polar surface area (TPSA) is 154 Å². The number of hydrogen-bond donors (Lipinski definition) is 1. The van der Waals surface area contributed by atoms with Crippen molar-refractivity contribution < 1.29 is 102 Å². The number of phosphoric acid groups is 1. The van der Waals surface area contributed by atoms with Gasteiger partial charge in [-0.15, -0.1) is 0 Å². The fourth-order valence-electron chi connectivity index (χ4n) is 3.92. The molecule has 0 saturated heterocycles. The Balaban J connectivity index is -0.00000684. The SMILES string of the molecule is CCCCCCCCC(=O)O[C@H](COC(=O)CCCCCCCCCCCCNC(C)=O)COP(=O)([O-])[O-].[Na+].[Na+]. The minimum absolute atomic E-state index is 0. The standard InChI is InChI=1S/C27H52NO9P.2Na/c1-3-4-5-6-13-17-20-27(31)37-25(23-36-38(32,33)34)22-35-26(30)19-16-14-11-9-7-8-10-12-15-18-21-28-24(2)29;;/h25H,3-23H2,1-2H3,(H,28,29)(H2,32,33,34);;/q;2*+1/p-2/t25-;;/m1../s1. The Morgan fingerprint density at radius 3 is 1.62 bits per heavy atom. The molecule has 0 heterocycles. The molecule has 0 aromatic heterocycles. The molecule has 1 amide bonds. The van der Waals surface area contributed by atoms with Gasteiger partial charge in [-0.1, -0.05) is 90.4 Å². The summed E-state index contributed by atoms with van der Waals surface area (Å²) in [6.07, 6.45) is 15.8. The fourth-order valence-corrected chi connectivity index (χ4v) is 4.26. The first-order valence-electron chi connectivity index (χ1n) is 14.4. The van der Waals surface area contributed by atoms with Crippen LogP contribution in [0.2, 0.25) is 0 Å². The van der Waals surface area contributed by atoms with Crippen LogP contribution in [0.25, 0.3) is 0 Å². The van der Waals surface area contributed by atoms with Gasteiger partial charge in [0.25, 0.3) is 0 Å². The van der Waals surface area contributed by atoms with Crippen molar-refractivity contribution in [2.75, 3.05) is 19.8 Å². The molecule has 0 unspecified atom stereocenters. The van der Waals surface area contributed by atoms with Crippen molar-refractivity contribution in [1.29, 1.82) is 0 Å². The number of carbonyl (C=O) groups excluding carboxylic acids is 3. The molecule has 0 aliphatic rings. The van der Waals surface area contributed by atoms with Crippen LogP contribution >= 0.6 is 7.82 Å². The molecule has 0 radical (unpaired) electrons. The van der Waals surface area contributed by atoms with E-state index in [-0.39, 0.29) is 84.5 Å². The Morgan fingerprint density at radius 1 is 0.700 bits per heavy atom. The summed E-state index contributed by atoms with van der Waals surface area (Å²) in [6.45, 7) is 3.38. The van der Waals surface area contributed by atoms with Crippen molar-refractivity contribution in [3.05, 3.63) is 0 Å². The minimum Gasteiger partial charge on any atom is -0.790 e. The van der Waals surface area contributed by atoms with Crippen molar-refractivity contribution >= 4 is 25.7 Å². The Kier molecular flexibility index (Phi) is 34.8. The summed E-state index contributed by atoms with van der Waals surface area (Å²) in [4.78, 5) is 56.5. The monoisotopic (exact) mass is 609 g/mol. The van der Waals surface area contributed by atoms with Gasteiger partial charge in [-0.05, 0) is 19.3 Å². The molecule has 0 bridgehead atoms. The number of amides is 1. The van der Waals surface area contributed by atoms with Crippen molar-refractivity contribution in [3.8, 4) is 0 Å². The summed E-state index contributed by atoms with van der Waals surface area (Å²) in [5.41, 5.74) is 0. The number of nitrogens with one attached hydrogen (secondary N) is 1. The van der Waals surface area contributed by atoms with E-state index in [0.717, 1.165) is 77.2 Å². The van der Waals surface area contributed by atoms with Crippen LogP contribution < -0.4 is 74.2 Å². The van der Waals surface area contributed by atoms with Gasteiger partial charge < -0.3 is 33.7 Å². The average molecular weight is 610 g/mol. The maximum absolute atomic E-state index is 12.1. The molecule has 1 atom stereocenters. The Labute approximate surface area is 286 Å². The zero-order valence-corrected chi connectivity index (χ0v) is 30.4. The zero-order valence-electron chi connectivity index (χ0n) is 25.5. The fraction of sp³-hybridized carbons (Fsp3) is 0.889. The van der Waals surface area contributed by atoms with Gasteiger partial charge >= 0.3 is 71.1 Å². The molecule has 0 aromatic carbocycles. The minimum atomic E-state index is -5.24. The van der Waals surface area contributed by atoms with Gasteiger partial charge in [0.2, 0.25) is 5.91 Å². The molecule has 224 valence electrons. The van der Waals surface area contributed by atoms with E-state index in [1.165, 1.54) is 26.2 Å². The second-order valence-corrected chi connectivity index (χ2v) is 11.0. The molecule has 0 rings (SSSR count). The molecule has 13 heteroatoms. The average Bonchev–Trinajstić information content (AvgIpc) is 2.85. The third kappa shape index (κ3) is 34.7. The van der Waals surface area contributed by atoms with Crippen LogP contribution in [0, 0.1) is 0 Å². The van der Waals surface area contributed by atoms with Gasteiger partial charge in [-0.3, -0.25) is 14.4 Å². The molecule has 0 aliphatic carbocycles. The normalized spacial score (nSPS) is 11.6. The first kappa shape index (κ1) is 45.0. The molecule has 0 spiro atoms. The zero-order chi connectivity index (χ0) is 28.5. The van der Waals surface area contributed by atoms with Crippen molar-refractivity contribution in [2.24, 2.45) is 0 Å². The van der Waals surface area contributed by atoms with Crippen LogP contribution in [-0.4, -0.2) is 43.7 Å². The quantitative estimate of drug-likeness (QED) is 0.0533. The predicted molar refractivity (Wildman–Crippen MR) is 142 cm³/mol. The third-order valence-corrected chi connectivity index (χ3v) is 6.53. The van der Waals surface area contributed by atoms with Crippen LogP contribution in [-0.2, 0) is 32.9 Å². The number of phosphoric ester groups is 1. The van der Waals surface area contributed by atoms with Crippen LogP contribution in [0.5, 0.6) is 0 Å². The van der Waals surface area contributed by atoms with E-state index < -0.39 is 32.5 Å². The van der Waals surface area contributed by atoms with E-state index in [1.54, 1.807) is 0 Å². The molecule has 1 N–H and O–H groups in total. The van der Waals surface area contributed by atoms with Crippen molar-refractivity contribution in [2.45, 2.75) is 136 Å². The second kappa shape index (κ2) is 31.0. The molecule has 0 fully saturated rings. The Bertz CT molecular complexity index is 680. The second-order valence-electron chi connectivity index (χ2n) is 9.82. The maximum Gasteiger partial charge on any atom is 1.00 e. The van der Waals surface area contributed by atoms with E-state index in [1.807, 2.05) is 0 Å². The Hall–Kier alpha value is 0.520. The first-order chi connectivity index (χ1) is 18.1. The third-order valence-electron chi connectivity index (χ3n) is 6.06. The van der Waals surface area contributed by atoms with Gasteiger partial charge in [-0.2, -0.15) is 0 Å². The van der Waals surface area contributed by atoms with Crippen LogP contribution in [0.3, 0.4) is 0 Å². The molecule has 40 heavy (non-hydrogen) atoms. The molecule has 0 aromatic rings. The van der Waals surface area contributed by atoms with Crippen molar-refractivity contribution in [1.82, 2.24) is 5.32 Å². The summed E-state index contributed by atoms with van der Waals surface area (Å²) in [5, 5.41) is 2.80. The molecule has 10 nitrogen and oxygen atoms in total. The first-order valence-corrected chi connectivity index (χ1v) is 15.9. The summed E-state index contributed by atoms with van der Waals surface area (Å²) in [5.74, 6) is -0.985. The largest absolute Gasteiger partial charge is 1.00 e. The molecular formula is C27H50NNa2O9P.